The Morgan fingerprint density at radius 3 is 3.00 bits per heavy atom. The van der Waals surface area contributed by atoms with Gasteiger partial charge in [0.05, 0.1) is 5.52 Å². The van der Waals surface area contributed by atoms with Crippen LogP contribution in [-0.4, -0.2) is 12.0 Å². The van der Waals surface area contributed by atoms with E-state index >= 15 is 0 Å². The van der Waals surface area contributed by atoms with Crippen LogP contribution in [0.5, 0.6) is 0 Å². The first-order valence-electron chi connectivity index (χ1n) is 4.48. The topological polar surface area (TPSA) is 24.9 Å². The maximum absolute atomic E-state index is 12.9. The minimum atomic E-state index is -0.221. The number of fused-ring (bicyclic) bond motifs is 1. The van der Waals surface area contributed by atoms with Crippen LogP contribution in [-0.2, 0) is 6.54 Å². The second-order valence-corrected chi connectivity index (χ2v) is 3.21. The van der Waals surface area contributed by atoms with Crippen molar-refractivity contribution in [2.45, 2.75) is 6.54 Å². The number of nitrogens with zero attached hydrogens (tertiary/aromatic N) is 1. The highest BCUT2D eigenvalue weighted by atomic mass is 19.1. The summed E-state index contributed by atoms with van der Waals surface area (Å²) in [5.41, 5.74) is 1.89. The predicted octanol–water partition coefficient (Wildman–Crippen LogP) is 2.09. The van der Waals surface area contributed by atoms with Gasteiger partial charge in [-0.2, -0.15) is 0 Å². The molecule has 0 radical (unpaired) electrons. The lowest BCUT2D eigenvalue weighted by Crippen LogP contribution is -2.05. The summed E-state index contributed by atoms with van der Waals surface area (Å²) >= 11 is 0. The van der Waals surface area contributed by atoms with E-state index in [-0.39, 0.29) is 5.82 Å². The van der Waals surface area contributed by atoms with Crippen molar-refractivity contribution in [2.75, 3.05) is 7.05 Å². The number of hydrogen-bond acceptors (Lipinski definition) is 2. The second kappa shape index (κ2) is 3.72. The molecule has 0 fully saturated rings. The first-order valence-corrected chi connectivity index (χ1v) is 4.48. The zero-order valence-electron chi connectivity index (χ0n) is 7.92. The first kappa shape index (κ1) is 9.09. The van der Waals surface area contributed by atoms with E-state index < -0.39 is 0 Å². The van der Waals surface area contributed by atoms with Gasteiger partial charge in [0.25, 0.3) is 0 Å². The zero-order chi connectivity index (χ0) is 9.97. The van der Waals surface area contributed by atoms with Crippen molar-refractivity contribution < 1.29 is 4.39 Å². The van der Waals surface area contributed by atoms with Crippen LogP contribution in [0.15, 0.2) is 30.5 Å². The van der Waals surface area contributed by atoms with Gasteiger partial charge >= 0.3 is 0 Å². The summed E-state index contributed by atoms with van der Waals surface area (Å²) < 4.78 is 12.9. The summed E-state index contributed by atoms with van der Waals surface area (Å²) in [5.74, 6) is -0.221. The van der Waals surface area contributed by atoms with Gasteiger partial charge in [0, 0.05) is 18.1 Å². The van der Waals surface area contributed by atoms with Crippen molar-refractivity contribution in [1.82, 2.24) is 10.3 Å². The van der Waals surface area contributed by atoms with E-state index in [1.54, 1.807) is 12.3 Å². The monoisotopic (exact) mass is 190 g/mol. The fourth-order valence-electron chi connectivity index (χ4n) is 1.45. The quantitative estimate of drug-likeness (QED) is 0.784. The molecule has 2 nitrogen and oxygen atoms in total. The molecule has 0 atom stereocenters. The number of rotatable bonds is 2. The third-order valence-corrected chi connectivity index (χ3v) is 2.08. The molecule has 0 unspecified atom stereocenters. The molecule has 0 amide bonds. The lowest BCUT2D eigenvalue weighted by atomic mass is 10.1. The summed E-state index contributed by atoms with van der Waals surface area (Å²) in [6.45, 7) is 0.749. The average molecular weight is 190 g/mol. The molecule has 14 heavy (non-hydrogen) atoms. The van der Waals surface area contributed by atoms with E-state index in [9.17, 15) is 4.39 Å². The van der Waals surface area contributed by atoms with E-state index in [0.29, 0.717) is 0 Å². The molecular weight excluding hydrogens is 179 g/mol. The number of nitrogens with one attached hydrogen (secondary N) is 1. The van der Waals surface area contributed by atoms with E-state index in [2.05, 4.69) is 10.3 Å². The largest absolute Gasteiger partial charge is 0.316 e. The Bertz CT molecular complexity index is 454. The highest BCUT2D eigenvalue weighted by molar-refractivity contribution is 5.78. The minimum absolute atomic E-state index is 0.221. The van der Waals surface area contributed by atoms with Crippen LogP contribution in [0, 0.1) is 5.82 Å². The zero-order valence-corrected chi connectivity index (χ0v) is 7.92. The Morgan fingerprint density at radius 1 is 1.36 bits per heavy atom. The third-order valence-electron chi connectivity index (χ3n) is 2.08. The SMILES string of the molecule is CNCc1cnc2ccc(F)cc2c1. The van der Waals surface area contributed by atoms with Crippen LogP contribution >= 0.6 is 0 Å². The summed E-state index contributed by atoms with van der Waals surface area (Å²) in [4.78, 5) is 4.23. The van der Waals surface area contributed by atoms with Crippen LogP contribution < -0.4 is 5.32 Å². The Balaban J connectivity index is 2.52. The molecule has 0 aliphatic carbocycles. The summed E-state index contributed by atoms with van der Waals surface area (Å²) in [6.07, 6.45) is 1.80. The van der Waals surface area contributed by atoms with E-state index in [1.165, 1.54) is 12.1 Å². The lowest BCUT2D eigenvalue weighted by molar-refractivity contribution is 0.629. The Morgan fingerprint density at radius 2 is 2.21 bits per heavy atom. The van der Waals surface area contributed by atoms with Crippen LogP contribution in [0.4, 0.5) is 4.39 Å². The molecule has 72 valence electrons. The molecule has 1 aromatic carbocycles. The van der Waals surface area contributed by atoms with Gasteiger partial charge < -0.3 is 5.32 Å². The van der Waals surface area contributed by atoms with Crippen molar-refractivity contribution in [3.05, 3.63) is 41.8 Å². The fraction of sp³-hybridized carbons (Fsp3) is 0.182. The number of aromatic nitrogens is 1. The predicted molar refractivity (Wildman–Crippen MR) is 54.5 cm³/mol. The molecule has 0 aliphatic heterocycles. The molecule has 2 aromatic rings. The molecule has 1 aromatic heterocycles. The normalized spacial score (nSPS) is 10.7. The van der Waals surface area contributed by atoms with Crippen LogP contribution in [0.3, 0.4) is 0 Å². The van der Waals surface area contributed by atoms with Gasteiger partial charge in [-0.15, -0.1) is 0 Å². The lowest BCUT2D eigenvalue weighted by Gasteiger charge is -2.01. The highest BCUT2D eigenvalue weighted by Gasteiger charge is 1.98. The average Bonchev–Trinajstić information content (AvgIpc) is 2.17. The number of hydrogen-bond donors (Lipinski definition) is 1. The van der Waals surface area contributed by atoms with Gasteiger partial charge in [0.15, 0.2) is 0 Å². The molecule has 0 bridgehead atoms. The second-order valence-electron chi connectivity index (χ2n) is 3.21. The summed E-state index contributed by atoms with van der Waals surface area (Å²) in [7, 11) is 1.87. The summed E-state index contributed by atoms with van der Waals surface area (Å²) in [5, 5.41) is 3.87. The fourth-order valence-corrected chi connectivity index (χ4v) is 1.45. The van der Waals surface area contributed by atoms with E-state index in [0.717, 1.165) is 23.0 Å². The van der Waals surface area contributed by atoms with Crippen molar-refractivity contribution in [3.63, 3.8) is 0 Å². The van der Waals surface area contributed by atoms with Crippen LogP contribution in [0.2, 0.25) is 0 Å². The van der Waals surface area contributed by atoms with Gasteiger partial charge in [0.1, 0.15) is 5.82 Å². The molecule has 3 heteroatoms. The standard InChI is InChI=1S/C11H11FN2/c1-13-6-8-4-9-5-10(12)2-3-11(9)14-7-8/h2-5,7,13H,6H2,1H3. The maximum Gasteiger partial charge on any atom is 0.123 e. The number of pyridine rings is 1. The smallest absolute Gasteiger partial charge is 0.123 e. The Hall–Kier alpha value is -1.48. The molecule has 0 aliphatic rings. The van der Waals surface area contributed by atoms with Crippen molar-refractivity contribution >= 4 is 10.9 Å². The first-order chi connectivity index (χ1) is 6.79. The molecular formula is C11H11FN2. The van der Waals surface area contributed by atoms with E-state index in [1.807, 2.05) is 13.1 Å². The van der Waals surface area contributed by atoms with E-state index in [4.69, 9.17) is 0 Å². The van der Waals surface area contributed by atoms with Gasteiger partial charge in [-0.1, -0.05) is 0 Å². The molecule has 2 rings (SSSR count). The van der Waals surface area contributed by atoms with Crippen LogP contribution in [0.25, 0.3) is 10.9 Å². The van der Waals surface area contributed by atoms with Gasteiger partial charge in [-0.25, -0.2) is 4.39 Å². The molecule has 1 heterocycles. The maximum atomic E-state index is 12.9. The number of halogens is 1. The minimum Gasteiger partial charge on any atom is -0.316 e. The molecule has 0 saturated heterocycles. The molecule has 1 N–H and O–H groups in total. The Kier molecular flexibility index (Phi) is 2.41. The third kappa shape index (κ3) is 1.72. The van der Waals surface area contributed by atoms with Crippen molar-refractivity contribution in [2.24, 2.45) is 0 Å². The van der Waals surface area contributed by atoms with Gasteiger partial charge in [-0.3, -0.25) is 4.98 Å². The molecule has 0 spiro atoms. The van der Waals surface area contributed by atoms with Crippen LogP contribution in [0.1, 0.15) is 5.56 Å². The number of benzene rings is 1. The summed E-state index contributed by atoms with van der Waals surface area (Å²) in [6, 6.07) is 6.56. The van der Waals surface area contributed by atoms with Crippen molar-refractivity contribution in [3.8, 4) is 0 Å². The Labute approximate surface area is 81.8 Å². The highest BCUT2D eigenvalue weighted by Crippen LogP contribution is 2.14. The van der Waals surface area contributed by atoms with Gasteiger partial charge in [-0.05, 0) is 36.9 Å². The van der Waals surface area contributed by atoms with Gasteiger partial charge in [0.2, 0.25) is 0 Å². The van der Waals surface area contributed by atoms with Crippen molar-refractivity contribution in [1.29, 1.82) is 0 Å². The molecule has 0 saturated carbocycles.